The minimum absolute atomic E-state index is 0. The average molecular weight is 583 g/mol. The fourth-order valence-electron chi connectivity index (χ4n) is 5.63. The molecule has 0 heterocycles. The monoisotopic (exact) mass is 580 g/mol. The van der Waals surface area contributed by atoms with E-state index in [-0.39, 0.29) is 24.8 Å². The van der Waals surface area contributed by atoms with Gasteiger partial charge in [0.2, 0.25) is 0 Å². The van der Waals surface area contributed by atoms with Crippen molar-refractivity contribution in [2.45, 2.75) is 39.9 Å². The van der Waals surface area contributed by atoms with E-state index in [1.54, 1.807) is 22.9 Å². The van der Waals surface area contributed by atoms with Crippen LogP contribution in [0.3, 0.4) is 0 Å². The molecule has 0 fully saturated rings. The van der Waals surface area contributed by atoms with Crippen LogP contribution in [0.4, 0.5) is 0 Å². The Kier molecular flexibility index (Phi) is 8.63. The number of fused-ring (bicyclic) bond motifs is 3. The predicted octanol–water partition coefficient (Wildman–Crippen LogP) is 1.09. The minimum Gasteiger partial charge on any atom is -1.00 e. The Morgan fingerprint density at radius 2 is 1.47 bits per heavy atom. The van der Waals surface area contributed by atoms with Gasteiger partial charge in [0.05, 0.1) is 0 Å². The molecule has 5 rings (SSSR count). The molecule has 0 amide bonds. The van der Waals surface area contributed by atoms with Crippen LogP contribution >= 0.6 is 0 Å². The zero-order valence-corrected chi connectivity index (χ0v) is 25.6. The molecule has 3 aromatic rings. The van der Waals surface area contributed by atoms with Crippen molar-refractivity contribution in [1.82, 2.24) is 0 Å². The molecule has 2 aliphatic carbocycles. The maximum absolute atomic E-state index is 2.71. The second-order valence-corrected chi connectivity index (χ2v) is 20.7. The fraction of sp³-hybridized carbons (Fsp3) is 0.233. The first-order valence-electron chi connectivity index (χ1n) is 11.8. The van der Waals surface area contributed by atoms with Gasteiger partial charge in [-0.2, -0.15) is 0 Å². The van der Waals surface area contributed by atoms with Crippen molar-refractivity contribution in [3.05, 3.63) is 110 Å². The molecule has 0 nitrogen and oxygen atoms in total. The SMILES string of the molecule is CC1=[C](/[Zr+2](=[CH]/c2ccccc2)[c]2cccc3c2Cc2ccccc2-3)C(C)C=C1[Si](C)(C)C.[Cl-].[Cl-]. The summed E-state index contributed by atoms with van der Waals surface area (Å²) in [7, 11) is -1.36. The van der Waals surface area contributed by atoms with E-state index in [4.69, 9.17) is 0 Å². The van der Waals surface area contributed by atoms with Gasteiger partial charge in [0.25, 0.3) is 0 Å². The van der Waals surface area contributed by atoms with E-state index in [1.807, 2.05) is 0 Å². The van der Waals surface area contributed by atoms with Crippen LogP contribution in [-0.4, -0.2) is 11.8 Å². The predicted molar refractivity (Wildman–Crippen MR) is 139 cm³/mol. The van der Waals surface area contributed by atoms with Crippen LogP contribution < -0.4 is 28.1 Å². The Morgan fingerprint density at radius 3 is 2.15 bits per heavy atom. The Morgan fingerprint density at radius 1 is 0.824 bits per heavy atom. The smallest absolute Gasteiger partial charge is 1.00 e. The van der Waals surface area contributed by atoms with E-state index in [1.165, 1.54) is 22.3 Å². The first kappa shape index (κ1) is 27.3. The largest absolute Gasteiger partial charge is 1.00 e. The third-order valence-electron chi connectivity index (χ3n) is 7.03. The van der Waals surface area contributed by atoms with E-state index in [9.17, 15) is 0 Å². The molecule has 0 N–H and O–H groups in total. The topological polar surface area (TPSA) is 0 Å². The van der Waals surface area contributed by atoms with Gasteiger partial charge in [-0.1, -0.05) is 0 Å². The minimum atomic E-state index is -2.31. The summed E-state index contributed by atoms with van der Waals surface area (Å²) in [5, 5.41) is 1.69. The van der Waals surface area contributed by atoms with E-state index >= 15 is 0 Å². The number of benzene rings is 3. The summed E-state index contributed by atoms with van der Waals surface area (Å²) in [5.74, 6) is 0.561. The molecule has 0 spiro atoms. The van der Waals surface area contributed by atoms with Crippen LogP contribution in [0.5, 0.6) is 0 Å². The molecule has 0 saturated heterocycles. The maximum Gasteiger partial charge on any atom is -1.00 e. The third-order valence-corrected chi connectivity index (χ3v) is 16.8. The molecule has 174 valence electrons. The average Bonchev–Trinajstić information content (AvgIpc) is 3.30. The quantitative estimate of drug-likeness (QED) is 0.316. The molecule has 2 aliphatic rings. The standard InChI is InChI=1S/C13H9.C10H17Si.C7H6.2ClH.Zr/c1-3-7-12-10(5-1)9-11-6-2-4-8-13(11)12;1-8-6-9(2)10(7-8)11(3,4)5;1-7-5-3-2-4-6-7;;;/h1-5,7-8H,9H2;7-8H,1-5H3;1-6H;2*1H;/q;;;;;+2/p-2. The number of hydrogen-bond acceptors (Lipinski definition) is 0. The van der Waals surface area contributed by atoms with Crippen LogP contribution in [0.2, 0.25) is 19.6 Å². The van der Waals surface area contributed by atoms with Crippen LogP contribution in [-0.2, 0) is 27.7 Å². The van der Waals surface area contributed by atoms with Crippen molar-refractivity contribution in [2.24, 2.45) is 5.92 Å². The fourth-order valence-corrected chi connectivity index (χ4v) is 15.5. The molecule has 0 radical (unpaired) electrons. The molecule has 1 atom stereocenters. The van der Waals surface area contributed by atoms with Crippen molar-refractivity contribution in [3.8, 4) is 11.1 Å². The van der Waals surface area contributed by atoms with Crippen molar-refractivity contribution >= 4 is 15.1 Å². The molecule has 0 saturated carbocycles. The molecule has 4 heteroatoms. The van der Waals surface area contributed by atoms with Crippen LogP contribution in [0.25, 0.3) is 11.1 Å². The van der Waals surface area contributed by atoms with Gasteiger partial charge in [0.1, 0.15) is 0 Å². The normalized spacial score (nSPS) is 16.4. The second kappa shape index (κ2) is 10.8. The molecule has 34 heavy (non-hydrogen) atoms. The van der Waals surface area contributed by atoms with Gasteiger partial charge in [-0.25, -0.2) is 0 Å². The van der Waals surface area contributed by atoms with E-state index in [0.717, 1.165) is 6.42 Å². The van der Waals surface area contributed by atoms with Gasteiger partial charge in [-0.3, -0.25) is 0 Å². The molecular weight excluding hydrogens is 551 g/mol. The van der Waals surface area contributed by atoms with Gasteiger partial charge in [-0.05, 0) is 0 Å². The molecule has 3 aromatic carbocycles. The van der Waals surface area contributed by atoms with Gasteiger partial charge in [0, 0.05) is 0 Å². The van der Waals surface area contributed by atoms with E-state index in [0.29, 0.717) is 5.92 Å². The van der Waals surface area contributed by atoms with Crippen LogP contribution in [0.1, 0.15) is 30.5 Å². The van der Waals surface area contributed by atoms with Crippen molar-refractivity contribution in [3.63, 3.8) is 0 Å². The van der Waals surface area contributed by atoms with Crippen LogP contribution in [0.15, 0.2) is 92.9 Å². The Hall–Kier alpha value is -1.31. The van der Waals surface area contributed by atoms with Crippen LogP contribution in [0, 0.1) is 5.92 Å². The van der Waals surface area contributed by atoms with Gasteiger partial charge < -0.3 is 24.8 Å². The molecular formula is C30H32Cl2SiZr. The van der Waals surface area contributed by atoms with Crippen molar-refractivity contribution < 1.29 is 46.1 Å². The summed E-state index contributed by atoms with van der Waals surface area (Å²) in [4.78, 5) is 0. The summed E-state index contributed by atoms with van der Waals surface area (Å²) in [6.07, 6.45) is 3.71. The molecule has 1 unspecified atom stereocenters. The zero-order valence-electron chi connectivity index (χ0n) is 20.6. The van der Waals surface area contributed by atoms with Gasteiger partial charge in [0.15, 0.2) is 0 Å². The summed E-state index contributed by atoms with van der Waals surface area (Å²) in [6.45, 7) is 12.4. The third kappa shape index (κ3) is 4.98. The first-order chi connectivity index (χ1) is 15.3. The Bertz CT molecular complexity index is 1300. The summed E-state index contributed by atoms with van der Waals surface area (Å²) >= 11 is -2.31. The van der Waals surface area contributed by atoms with Crippen molar-refractivity contribution in [1.29, 1.82) is 0 Å². The van der Waals surface area contributed by atoms with Gasteiger partial charge >= 0.3 is 203 Å². The Balaban J connectivity index is 0.00000162. The molecule has 0 aromatic heterocycles. The first-order valence-corrected chi connectivity index (χ1v) is 19.1. The summed E-state index contributed by atoms with van der Waals surface area (Å²) in [5.41, 5.74) is 9.03. The number of hydrogen-bond donors (Lipinski definition) is 0. The second-order valence-electron chi connectivity index (χ2n) is 10.3. The van der Waals surface area contributed by atoms with Crippen molar-refractivity contribution in [2.75, 3.05) is 0 Å². The maximum atomic E-state index is 2.71. The zero-order chi connectivity index (χ0) is 22.5. The molecule has 0 bridgehead atoms. The summed E-state index contributed by atoms with van der Waals surface area (Å²) < 4.78 is 6.17. The number of rotatable bonds is 4. The van der Waals surface area contributed by atoms with Gasteiger partial charge in [-0.15, -0.1) is 0 Å². The number of halogens is 2. The summed E-state index contributed by atoms with van der Waals surface area (Å²) in [6, 6.07) is 27.2. The van der Waals surface area contributed by atoms with E-state index < -0.39 is 29.3 Å². The Labute approximate surface area is 226 Å². The number of allylic oxidation sites excluding steroid dienone is 4. The molecule has 0 aliphatic heterocycles. The van der Waals surface area contributed by atoms with E-state index in [2.05, 4.69) is 116 Å².